The Labute approximate surface area is 117 Å². The quantitative estimate of drug-likeness (QED) is 0.530. The second-order valence-electron chi connectivity index (χ2n) is 3.58. The second-order valence-corrected chi connectivity index (χ2v) is 6.66. The van der Waals surface area contributed by atoms with E-state index in [1.165, 1.54) is 30.6 Å². The number of halogens is 1. The normalized spacial score (nSPS) is 10.5. The van der Waals surface area contributed by atoms with Gasteiger partial charge in [-0.25, -0.2) is 0 Å². The fourth-order valence-electron chi connectivity index (χ4n) is 1.51. The van der Waals surface area contributed by atoms with Crippen molar-refractivity contribution in [2.24, 2.45) is 0 Å². The summed E-state index contributed by atoms with van der Waals surface area (Å²) in [6.07, 6.45) is 0. The Morgan fingerprint density at radius 1 is 0.812 bits per heavy atom. The van der Waals surface area contributed by atoms with Gasteiger partial charge in [0.2, 0.25) is 0 Å². The van der Waals surface area contributed by atoms with Crippen LogP contribution in [0.15, 0.2) is 36.4 Å². The maximum Gasteiger partial charge on any atom is 0.0214 e. The van der Waals surface area contributed by atoms with Gasteiger partial charge in [-0.3, -0.25) is 0 Å². The zero-order valence-electron chi connectivity index (χ0n) is 8.57. The Morgan fingerprint density at radius 2 is 1.56 bits per heavy atom. The van der Waals surface area contributed by atoms with E-state index in [-0.39, 0.29) is 0 Å². The van der Waals surface area contributed by atoms with Gasteiger partial charge in [-0.05, 0) is 61.8 Å². The number of hydrogen-bond donors (Lipinski definition) is 0. The molecule has 0 fully saturated rings. The van der Waals surface area contributed by atoms with Gasteiger partial charge in [0.1, 0.15) is 0 Å². The lowest BCUT2D eigenvalue weighted by atomic mass is 10.1. The van der Waals surface area contributed by atoms with E-state index in [4.69, 9.17) is 0 Å². The van der Waals surface area contributed by atoms with E-state index in [2.05, 4.69) is 86.7 Å². The molecule has 0 aromatic heterocycles. The van der Waals surface area contributed by atoms with Crippen molar-refractivity contribution in [3.8, 4) is 11.1 Å². The smallest absolute Gasteiger partial charge is 0.0214 e. The molecule has 0 spiro atoms. The van der Waals surface area contributed by atoms with Gasteiger partial charge in [-0.15, -0.1) is 27.7 Å². The minimum atomic E-state index is 1.22. The maximum atomic E-state index is 2.77. The van der Waals surface area contributed by atoms with Gasteiger partial charge >= 0.3 is 0 Å². The van der Waals surface area contributed by atoms with Crippen molar-refractivity contribution >= 4 is 66.2 Å². The fraction of sp³-hybridized carbons (Fsp3) is 0. The molecular weight excluding hydrogens is 364 g/mol. The van der Waals surface area contributed by atoms with Crippen molar-refractivity contribution < 1.29 is 0 Å². The van der Waals surface area contributed by atoms with Gasteiger partial charge in [0.25, 0.3) is 0 Å². The standard InChI is InChI=1S/C12H12IP3/c13-10-6-8(14)2-3-9(10)7-1-4-11(15)12(16)5-7/h1-6H,14-16H2. The van der Waals surface area contributed by atoms with Gasteiger partial charge in [-0.2, -0.15) is 0 Å². The molecule has 0 aliphatic heterocycles. The summed E-state index contributed by atoms with van der Waals surface area (Å²) in [5.74, 6) is 0. The third-order valence-electron chi connectivity index (χ3n) is 2.39. The SMILES string of the molecule is Pc1ccc(-c2ccc(P)c(P)c2)c(I)c1. The first-order valence-corrected chi connectivity index (χ1v) is 7.59. The summed E-state index contributed by atoms with van der Waals surface area (Å²) < 4.78 is 1.28. The first-order chi connectivity index (χ1) is 7.58. The highest BCUT2D eigenvalue weighted by Gasteiger charge is 2.04. The summed E-state index contributed by atoms with van der Waals surface area (Å²) >= 11 is 2.38. The summed E-state index contributed by atoms with van der Waals surface area (Å²) in [5.41, 5.74) is 2.56. The molecule has 0 amide bonds. The van der Waals surface area contributed by atoms with E-state index in [0.29, 0.717) is 0 Å². The Morgan fingerprint density at radius 3 is 2.19 bits per heavy atom. The van der Waals surface area contributed by atoms with Gasteiger partial charge < -0.3 is 0 Å². The van der Waals surface area contributed by atoms with E-state index in [0.717, 1.165) is 0 Å². The van der Waals surface area contributed by atoms with Crippen molar-refractivity contribution in [3.63, 3.8) is 0 Å². The van der Waals surface area contributed by atoms with E-state index in [1.807, 2.05) is 0 Å². The molecule has 4 heteroatoms. The molecule has 2 rings (SSSR count). The molecule has 0 aliphatic rings. The first-order valence-electron chi connectivity index (χ1n) is 4.78. The van der Waals surface area contributed by atoms with Crippen molar-refractivity contribution in [2.45, 2.75) is 0 Å². The molecule has 0 N–H and O–H groups in total. The topological polar surface area (TPSA) is 0 Å². The van der Waals surface area contributed by atoms with Crippen LogP contribution in [0.2, 0.25) is 0 Å². The monoisotopic (exact) mass is 376 g/mol. The zero-order chi connectivity index (χ0) is 11.7. The average molecular weight is 376 g/mol. The molecule has 16 heavy (non-hydrogen) atoms. The van der Waals surface area contributed by atoms with Crippen LogP contribution in [0, 0.1) is 3.57 Å². The van der Waals surface area contributed by atoms with Gasteiger partial charge in [0, 0.05) is 3.57 Å². The molecule has 2 aromatic carbocycles. The Hall–Kier alpha value is 0.460. The van der Waals surface area contributed by atoms with Crippen LogP contribution in [0.4, 0.5) is 0 Å². The minimum Gasteiger partial charge on any atom is -0.106 e. The Balaban J connectivity index is 2.54. The number of rotatable bonds is 1. The molecule has 0 saturated carbocycles. The molecule has 0 saturated heterocycles. The highest BCUT2D eigenvalue weighted by Crippen LogP contribution is 2.24. The molecule has 3 atom stereocenters. The van der Waals surface area contributed by atoms with Crippen molar-refractivity contribution in [3.05, 3.63) is 40.0 Å². The van der Waals surface area contributed by atoms with E-state index in [9.17, 15) is 0 Å². The maximum absolute atomic E-state index is 2.77. The largest absolute Gasteiger partial charge is 0.106 e. The molecule has 82 valence electrons. The minimum absolute atomic E-state index is 1.22. The third kappa shape index (κ3) is 2.82. The van der Waals surface area contributed by atoms with Crippen LogP contribution in [0.1, 0.15) is 0 Å². The lowest BCUT2D eigenvalue weighted by Gasteiger charge is -2.08. The van der Waals surface area contributed by atoms with Gasteiger partial charge in [-0.1, -0.05) is 24.3 Å². The van der Waals surface area contributed by atoms with Crippen LogP contribution in [-0.2, 0) is 0 Å². The summed E-state index contributed by atoms with van der Waals surface area (Å²) in [6, 6.07) is 13.0. The molecular formula is C12H12IP3. The van der Waals surface area contributed by atoms with Gasteiger partial charge in [0.05, 0.1) is 0 Å². The number of hydrogen-bond acceptors (Lipinski definition) is 0. The highest BCUT2D eigenvalue weighted by molar-refractivity contribution is 14.1. The summed E-state index contributed by atoms with van der Waals surface area (Å²) in [5, 5.41) is 3.68. The fourth-order valence-corrected chi connectivity index (χ4v) is 3.42. The predicted octanol–water partition coefficient (Wildman–Crippen LogP) is 2.46. The van der Waals surface area contributed by atoms with Crippen LogP contribution >= 0.6 is 50.3 Å². The molecule has 0 nitrogen and oxygen atoms in total. The zero-order valence-corrected chi connectivity index (χ0v) is 14.2. The predicted molar refractivity (Wildman–Crippen MR) is 92.6 cm³/mol. The molecule has 2 aromatic rings. The lowest BCUT2D eigenvalue weighted by Crippen LogP contribution is -2.10. The van der Waals surface area contributed by atoms with Crippen LogP contribution in [-0.4, -0.2) is 0 Å². The molecule has 0 heterocycles. The van der Waals surface area contributed by atoms with Gasteiger partial charge in [0.15, 0.2) is 0 Å². The summed E-state index contributed by atoms with van der Waals surface area (Å²) in [4.78, 5) is 0. The highest BCUT2D eigenvalue weighted by atomic mass is 127. The summed E-state index contributed by atoms with van der Waals surface area (Å²) in [7, 11) is 8.24. The Bertz CT molecular complexity index is 538. The van der Waals surface area contributed by atoms with E-state index >= 15 is 0 Å². The van der Waals surface area contributed by atoms with E-state index in [1.54, 1.807) is 0 Å². The van der Waals surface area contributed by atoms with Crippen molar-refractivity contribution in [1.82, 2.24) is 0 Å². The van der Waals surface area contributed by atoms with Crippen molar-refractivity contribution in [1.29, 1.82) is 0 Å². The lowest BCUT2D eigenvalue weighted by molar-refractivity contribution is 1.63. The molecule has 0 aliphatic carbocycles. The number of benzene rings is 2. The molecule has 0 bridgehead atoms. The average Bonchev–Trinajstić information content (AvgIpc) is 2.22. The first kappa shape index (κ1) is 12.9. The third-order valence-corrected chi connectivity index (χ3v) is 5.00. The van der Waals surface area contributed by atoms with Crippen LogP contribution < -0.4 is 15.9 Å². The van der Waals surface area contributed by atoms with Crippen LogP contribution in [0.3, 0.4) is 0 Å². The molecule has 3 unspecified atom stereocenters. The Kier molecular flexibility index (Phi) is 4.36. The molecule has 0 radical (unpaired) electrons. The van der Waals surface area contributed by atoms with Crippen LogP contribution in [0.25, 0.3) is 11.1 Å². The van der Waals surface area contributed by atoms with Crippen molar-refractivity contribution in [2.75, 3.05) is 0 Å². The second kappa shape index (κ2) is 5.40. The van der Waals surface area contributed by atoms with E-state index < -0.39 is 0 Å². The summed E-state index contributed by atoms with van der Waals surface area (Å²) in [6.45, 7) is 0. The van der Waals surface area contributed by atoms with Crippen LogP contribution in [0.5, 0.6) is 0 Å².